The monoisotopic (exact) mass is 261 g/mol. The quantitative estimate of drug-likeness (QED) is 0.469. The Morgan fingerprint density at radius 3 is 2.28 bits per heavy atom. The van der Waals surface area contributed by atoms with E-state index >= 15 is 0 Å². The van der Waals surface area contributed by atoms with Gasteiger partial charge < -0.3 is 9.84 Å². The molecule has 0 heterocycles. The molecule has 1 N–H and O–H groups in total. The van der Waals surface area contributed by atoms with E-state index in [-0.39, 0.29) is 17.0 Å². The van der Waals surface area contributed by atoms with Crippen molar-refractivity contribution in [3.8, 4) is 0 Å². The number of alkyl halides is 2. The van der Waals surface area contributed by atoms with Crippen molar-refractivity contribution in [3.05, 3.63) is 22.8 Å². The molecule has 0 amide bonds. The van der Waals surface area contributed by atoms with Gasteiger partial charge in [-0.2, -0.15) is 0 Å². The molecule has 0 aliphatic carbocycles. The third kappa shape index (κ3) is 4.56. The average Bonchev–Trinajstić information content (AvgIpc) is 2.32. The summed E-state index contributed by atoms with van der Waals surface area (Å²) in [6, 6.07) is 0. The molecule has 0 rings (SSSR count). The molecule has 0 aromatic rings. The van der Waals surface area contributed by atoms with Crippen molar-refractivity contribution in [1.29, 1.82) is 0 Å². The van der Waals surface area contributed by atoms with Gasteiger partial charge in [0.1, 0.15) is 0 Å². The van der Waals surface area contributed by atoms with Gasteiger partial charge in [0.25, 0.3) is 5.92 Å². The molecule has 0 bridgehead atoms. The summed E-state index contributed by atoms with van der Waals surface area (Å²) in [5.41, 5.74) is 0.705. The van der Waals surface area contributed by atoms with E-state index in [1.165, 1.54) is 20.2 Å². The lowest BCUT2D eigenvalue weighted by molar-refractivity contribution is 0.0660. The van der Waals surface area contributed by atoms with Crippen LogP contribution in [0.3, 0.4) is 0 Å². The van der Waals surface area contributed by atoms with E-state index < -0.39 is 12.5 Å². The molecule has 18 heavy (non-hydrogen) atoms. The molecule has 0 aromatic carbocycles. The zero-order valence-corrected chi connectivity index (χ0v) is 11.6. The number of allylic oxidation sites excluding steroid dienone is 3. The third-order valence-electron chi connectivity index (χ3n) is 2.62. The fourth-order valence-electron chi connectivity index (χ4n) is 1.53. The van der Waals surface area contributed by atoms with Gasteiger partial charge in [-0.3, -0.25) is 4.99 Å². The first-order valence-electron chi connectivity index (χ1n) is 5.72. The molecule has 0 unspecified atom stereocenters. The van der Waals surface area contributed by atoms with E-state index in [1.807, 2.05) is 0 Å². The number of aliphatic hydroxyl groups excluding tert-OH is 1. The maximum atomic E-state index is 13.5. The lowest BCUT2D eigenvalue weighted by Crippen LogP contribution is -2.17. The standard InChI is InChI=1S/C13H21F2NO2/c1-6-9(2)11(13(3,14)15)7-10(8-17)12(16-4)18-5/h7,17H,6,8H2,1-5H3. The molecule has 104 valence electrons. The highest BCUT2D eigenvalue weighted by Gasteiger charge is 2.28. The Labute approximate surface area is 107 Å². The Morgan fingerprint density at radius 1 is 1.44 bits per heavy atom. The van der Waals surface area contributed by atoms with Crippen LogP contribution in [0.1, 0.15) is 27.2 Å². The smallest absolute Gasteiger partial charge is 0.270 e. The van der Waals surface area contributed by atoms with Crippen molar-refractivity contribution < 1.29 is 18.6 Å². The summed E-state index contributed by atoms with van der Waals surface area (Å²) in [7, 11) is 2.86. The first-order valence-corrected chi connectivity index (χ1v) is 5.72. The highest BCUT2D eigenvalue weighted by Crippen LogP contribution is 2.29. The number of methoxy groups -OCH3 is 1. The van der Waals surface area contributed by atoms with E-state index in [0.29, 0.717) is 12.0 Å². The molecular weight excluding hydrogens is 240 g/mol. The fraction of sp³-hybridized carbons (Fsp3) is 0.615. The maximum absolute atomic E-state index is 13.5. The van der Waals surface area contributed by atoms with Gasteiger partial charge in [-0.1, -0.05) is 12.5 Å². The van der Waals surface area contributed by atoms with E-state index in [0.717, 1.165) is 6.92 Å². The predicted molar refractivity (Wildman–Crippen MR) is 69.1 cm³/mol. The van der Waals surface area contributed by atoms with E-state index in [9.17, 15) is 13.9 Å². The lowest BCUT2D eigenvalue weighted by Gasteiger charge is -2.17. The van der Waals surface area contributed by atoms with Crippen molar-refractivity contribution in [2.45, 2.75) is 33.1 Å². The van der Waals surface area contributed by atoms with Gasteiger partial charge in [0, 0.05) is 25.1 Å². The average molecular weight is 261 g/mol. The highest BCUT2D eigenvalue weighted by molar-refractivity contribution is 5.94. The summed E-state index contributed by atoms with van der Waals surface area (Å²) in [4.78, 5) is 3.80. The van der Waals surface area contributed by atoms with Crippen LogP contribution in [0, 0.1) is 0 Å². The van der Waals surface area contributed by atoms with Crippen molar-refractivity contribution >= 4 is 5.90 Å². The second kappa shape index (κ2) is 7.26. The molecule has 5 heteroatoms. The van der Waals surface area contributed by atoms with Gasteiger partial charge in [-0.25, -0.2) is 8.78 Å². The van der Waals surface area contributed by atoms with Gasteiger partial charge >= 0.3 is 0 Å². The largest absolute Gasteiger partial charge is 0.481 e. The van der Waals surface area contributed by atoms with Crippen LogP contribution in [0.15, 0.2) is 27.8 Å². The topological polar surface area (TPSA) is 41.8 Å². The second-order valence-electron chi connectivity index (χ2n) is 4.00. The molecule has 0 saturated carbocycles. The molecule has 0 radical (unpaired) electrons. The summed E-state index contributed by atoms with van der Waals surface area (Å²) in [6.45, 7) is 3.88. The summed E-state index contributed by atoms with van der Waals surface area (Å²) < 4.78 is 32.0. The fourth-order valence-corrected chi connectivity index (χ4v) is 1.53. The molecule has 0 fully saturated rings. The Hall–Kier alpha value is -1.23. The summed E-state index contributed by atoms with van der Waals surface area (Å²) in [5.74, 6) is -2.81. The van der Waals surface area contributed by atoms with Crippen molar-refractivity contribution in [2.75, 3.05) is 20.8 Å². The van der Waals surface area contributed by atoms with Gasteiger partial charge in [0.2, 0.25) is 5.90 Å². The van der Waals surface area contributed by atoms with E-state index in [4.69, 9.17) is 4.74 Å². The molecular formula is C13H21F2NO2. The van der Waals surface area contributed by atoms with Crippen LogP contribution in [-0.2, 0) is 4.74 Å². The Balaban J connectivity index is 5.69. The highest BCUT2D eigenvalue weighted by atomic mass is 19.3. The van der Waals surface area contributed by atoms with Gasteiger partial charge in [-0.05, 0) is 19.4 Å². The number of aliphatic hydroxyl groups is 1. The molecule has 0 aromatic heterocycles. The van der Waals surface area contributed by atoms with Gasteiger partial charge in [-0.15, -0.1) is 0 Å². The van der Waals surface area contributed by atoms with Crippen molar-refractivity contribution in [1.82, 2.24) is 0 Å². The first kappa shape index (κ1) is 16.8. The van der Waals surface area contributed by atoms with E-state index in [1.54, 1.807) is 13.8 Å². The molecule has 3 nitrogen and oxygen atoms in total. The molecule has 0 aliphatic heterocycles. The zero-order chi connectivity index (χ0) is 14.3. The number of aliphatic imine (C=N–C) groups is 1. The van der Waals surface area contributed by atoms with Crippen molar-refractivity contribution in [2.24, 2.45) is 4.99 Å². The van der Waals surface area contributed by atoms with Gasteiger partial charge in [0.05, 0.1) is 13.7 Å². The Morgan fingerprint density at radius 2 is 2.00 bits per heavy atom. The van der Waals surface area contributed by atoms with Gasteiger partial charge in [0.15, 0.2) is 0 Å². The zero-order valence-electron chi connectivity index (χ0n) is 11.6. The number of rotatable bonds is 5. The maximum Gasteiger partial charge on any atom is 0.270 e. The predicted octanol–water partition coefficient (Wildman–Crippen LogP) is 2.96. The van der Waals surface area contributed by atoms with Crippen LogP contribution in [-0.4, -0.2) is 37.7 Å². The van der Waals surface area contributed by atoms with Crippen LogP contribution < -0.4 is 0 Å². The molecule has 0 spiro atoms. The Bertz CT molecular complexity index is 366. The number of nitrogens with zero attached hydrogens (tertiary/aromatic N) is 1. The summed E-state index contributed by atoms with van der Waals surface area (Å²) >= 11 is 0. The third-order valence-corrected chi connectivity index (χ3v) is 2.62. The Kier molecular flexibility index (Phi) is 6.76. The SMILES string of the molecule is CCC(C)=C(C=C(CO)C(=NC)OC)C(C)(F)F. The normalized spacial score (nSPS) is 15.6. The molecule has 0 aliphatic rings. The summed E-state index contributed by atoms with van der Waals surface area (Å²) in [6.07, 6.45) is 1.77. The minimum atomic E-state index is -2.97. The van der Waals surface area contributed by atoms with Crippen LogP contribution in [0.25, 0.3) is 0 Å². The molecule has 0 saturated heterocycles. The molecule has 0 atom stereocenters. The number of hydrogen-bond donors (Lipinski definition) is 1. The van der Waals surface area contributed by atoms with Crippen LogP contribution in [0.5, 0.6) is 0 Å². The number of hydrogen-bond acceptors (Lipinski definition) is 3. The number of ether oxygens (including phenoxy) is 1. The van der Waals surface area contributed by atoms with E-state index in [2.05, 4.69) is 4.99 Å². The minimum Gasteiger partial charge on any atom is -0.481 e. The summed E-state index contributed by atoms with van der Waals surface area (Å²) in [5, 5.41) is 9.23. The van der Waals surface area contributed by atoms with Crippen LogP contribution >= 0.6 is 0 Å². The minimum absolute atomic E-state index is 0.104. The second-order valence-corrected chi connectivity index (χ2v) is 4.00. The lowest BCUT2D eigenvalue weighted by atomic mass is 9.99. The van der Waals surface area contributed by atoms with Crippen LogP contribution in [0.2, 0.25) is 0 Å². The van der Waals surface area contributed by atoms with Crippen LogP contribution in [0.4, 0.5) is 8.78 Å². The number of halogens is 2. The first-order chi connectivity index (χ1) is 8.31. The van der Waals surface area contributed by atoms with Crippen molar-refractivity contribution in [3.63, 3.8) is 0 Å².